The quantitative estimate of drug-likeness (QED) is 0.392. The van der Waals surface area contributed by atoms with Gasteiger partial charge in [0.1, 0.15) is 17.6 Å². The summed E-state index contributed by atoms with van der Waals surface area (Å²) in [4.78, 5) is 24.4. The molecule has 2 aliphatic heterocycles. The molecule has 2 heterocycles. The summed E-state index contributed by atoms with van der Waals surface area (Å²) in [5.41, 5.74) is 2.18. The van der Waals surface area contributed by atoms with Crippen molar-refractivity contribution in [2.75, 3.05) is 20.0 Å². The molecule has 7 heteroatoms. The van der Waals surface area contributed by atoms with Crippen LogP contribution in [-0.2, 0) is 16.0 Å². The van der Waals surface area contributed by atoms with Crippen molar-refractivity contribution < 1.29 is 33.3 Å². The zero-order valence-electron chi connectivity index (χ0n) is 16.8. The van der Waals surface area contributed by atoms with Crippen LogP contribution in [0.15, 0.2) is 36.4 Å². The minimum atomic E-state index is -0.624. The molecular weight excluding hydrogens is 388 g/mol. The molecule has 4 rings (SSSR count). The van der Waals surface area contributed by atoms with Gasteiger partial charge in [-0.05, 0) is 50.3 Å². The summed E-state index contributed by atoms with van der Waals surface area (Å²) in [5.74, 6) is 1.60. The van der Waals surface area contributed by atoms with Crippen LogP contribution < -0.4 is 18.9 Å². The van der Waals surface area contributed by atoms with Crippen LogP contribution in [0.2, 0.25) is 0 Å². The molecule has 0 fully saturated rings. The number of ether oxygens (including phenoxy) is 5. The Bertz CT molecular complexity index is 1010. The highest BCUT2D eigenvalue weighted by atomic mass is 16.7. The first-order valence-corrected chi connectivity index (χ1v) is 9.77. The van der Waals surface area contributed by atoms with Gasteiger partial charge < -0.3 is 23.7 Å². The largest absolute Gasteiger partial charge is 0.493 e. The lowest BCUT2D eigenvalue weighted by molar-refractivity contribution is -0.136. The molecule has 0 saturated heterocycles. The van der Waals surface area contributed by atoms with E-state index in [9.17, 15) is 9.59 Å². The Kier molecular flexibility index (Phi) is 5.61. The zero-order valence-corrected chi connectivity index (χ0v) is 16.8. The fourth-order valence-corrected chi connectivity index (χ4v) is 3.36. The minimum Gasteiger partial charge on any atom is -0.493 e. The van der Waals surface area contributed by atoms with Crippen molar-refractivity contribution in [1.82, 2.24) is 0 Å². The lowest BCUT2D eigenvalue weighted by atomic mass is 10.1. The first-order valence-electron chi connectivity index (χ1n) is 9.77. The molecule has 0 aliphatic carbocycles. The highest BCUT2D eigenvalue weighted by molar-refractivity contribution is 5.99. The van der Waals surface area contributed by atoms with E-state index in [1.165, 1.54) is 6.08 Å². The summed E-state index contributed by atoms with van der Waals surface area (Å²) < 4.78 is 27.0. The van der Waals surface area contributed by atoms with Crippen molar-refractivity contribution in [2.45, 2.75) is 26.4 Å². The van der Waals surface area contributed by atoms with Gasteiger partial charge in [-0.1, -0.05) is 0 Å². The van der Waals surface area contributed by atoms with Crippen LogP contribution in [0.3, 0.4) is 0 Å². The lowest BCUT2D eigenvalue weighted by Crippen LogP contribution is -2.12. The normalized spacial score (nSPS) is 16.3. The van der Waals surface area contributed by atoms with Crippen molar-refractivity contribution >= 4 is 17.8 Å². The van der Waals surface area contributed by atoms with Crippen molar-refractivity contribution in [3.63, 3.8) is 0 Å². The topological polar surface area (TPSA) is 80.3 Å². The third-order valence-electron chi connectivity index (χ3n) is 4.77. The van der Waals surface area contributed by atoms with Gasteiger partial charge in [0.2, 0.25) is 6.79 Å². The number of hydrogen-bond donors (Lipinski definition) is 0. The van der Waals surface area contributed by atoms with E-state index in [-0.39, 0.29) is 25.3 Å². The average Bonchev–Trinajstić information content (AvgIpc) is 3.34. The Balaban J connectivity index is 1.39. The molecule has 0 amide bonds. The first-order chi connectivity index (χ1) is 14.5. The molecule has 0 bridgehead atoms. The van der Waals surface area contributed by atoms with E-state index in [1.807, 2.05) is 26.0 Å². The predicted molar refractivity (Wildman–Crippen MR) is 108 cm³/mol. The van der Waals surface area contributed by atoms with E-state index in [1.54, 1.807) is 24.3 Å². The summed E-state index contributed by atoms with van der Waals surface area (Å²) in [6, 6.07) is 8.64. The number of carbonyl (C=O) groups excluding carboxylic acids is 2. The van der Waals surface area contributed by atoms with Crippen molar-refractivity contribution in [3.05, 3.63) is 53.1 Å². The predicted octanol–water partition coefficient (Wildman–Crippen LogP) is 3.58. The fourth-order valence-electron chi connectivity index (χ4n) is 3.36. The lowest BCUT2D eigenvalue weighted by Gasteiger charge is -2.10. The maximum absolute atomic E-state index is 12.3. The number of hydrogen-bond acceptors (Lipinski definition) is 7. The molecule has 0 aromatic heterocycles. The van der Waals surface area contributed by atoms with Crippen LogP contribution >= 0.6 is 0 Å². The van der Waals surface area contributed by atoms with Crippen LogP contribution in [0.25, 0.3) is 6.08 Å². The number of rotatable bonds is 7. The van der Waals surface area contributed by atoms with Gasteiger partial charge >= 0.3 is 5.97 Å². The summed E-state index contributed by atoms with van der Waals surface area (Å²) >= 11 is 0. The van der Waals surface area contributed by atoms with Gasteiger partial charge in [0.15, 0.2) is 23.9 Å². The molecule has 2 aromatic rings. The second-order valence-corrected chi connectivity index (χ2v) is 7.00. The van der Waals surface area contributed by atoms with Crippen LogP contribution in [0.5, 0.6) is 23.0 Å². The zero-order chi connectivity index (χ0) is 21.1. The van der Waals surface area contributed by atoms with E-state index in [0.29, 0.717) is 35.0 Å². The third kappa shape index (κ3) is 4.25. The van der Waals surface area contributed by atoms with Gasteiger partial charge in [-0.25, -0.2) is 4.79 Å². The molecule has 156 valence electrons. The molecule has 7 nitrogen and oxygen atoms in total. The molecule has 30 heavy (non-hydrogen) atoms. The second kappa shape index (κ2) is 8.49. The first kappa shape index (κ1) is 19.8. The Morgan fingerprint density at radius 1 is 1.13 bits per heavy atom. The molecule has 0 unspecified atom stereocenters. The van der Waals surface area contributed by atoms with Gasteiger partial charge in [0.25, 0.3) is 0 Å². The Hall–Kier alpha value is -3.48. The highest BCUT2D eigenvalue weighted by Crippen LogP contribution is 2.36. The third-order valence-corrected chi connectivity index (χ3v) is 4.77. The van der Waals surface area contributed by atoms with Crippen LogP contribution in [0.4, 0.5) is 0 Å². The summed E-state index contributed by atoms with van der Waals surface area (Å²) in [6.45, 7) is 4.17. The standard InChI is InChI=1S/C23H22O7/c1-3-26-20-11-17-8-14(2)30-21(17)10-16(20)5-7-23(25)27-12-18(24)15-4-6-19-22(9-15)29-13-28-19/h4-7,9-11,14H,3,8,12-13H2,1-2H3/b7-5+/t14-/m1/s1. The monoisotopic (exact) mass is 410 g/mol. The molecule has 0 N–H and O–H groups in total. The van der Waals surface area contributed by atoms with Gasteiger partial charge in [0.05, 0.1) is 6.61 Å². The molecule has 2 aliphatic rings. The molecule has 0 radical (unpaired) electrons. The summed E-state index contributed by atoms with van der Waals surface area (Å²) in [6.07, 6.45) is 3.81. The Morgan fingerprint density at radius 2 is 1.97 bits per heavy atom. The molecule has 0 saturated carbocycles. The van der Waals surface area contributed by atoms with E-state index in [0.717, 1.165) is 17.7 Å². The maximum atomic E-state index is 12.3. The summed E-state index contributed by atoms with van der Waals surface area (Å²) in [5, 5.41) is 0. The van der Waals surface area contributed by atoms with E-state index in [4.69, 9.17) is 23.7 Å². The van der Waals surface area contributed by atoms with Crippen molar-refractivity contribution in [2.24, 2.45) is 0 Å². The average molecular weight is 410 g/mol. The van der Waals surface area contributed by atoms with Crippen LogP contribution in [-0.4, -0.2) is 37.9 Å². The summed E-state index contributed by atoms with van der Waals surface area (Å²) in [7, 11) is 0. The van der Waals surface area contributed by atoms with E-state index < -0.39 is 5.97 Å². The molecular formula is C23H22O7. The number of Topliss-reactive ketones (excluding diaryl/α,β-unsaturated/α-hetero) is 1. The number of benzene rings is 2. The molecule has 2 aromatic carbocycles. The molecule has 1 atom stereocenters. The number of ketones is 1. The maximum Gasteiger partial charge on any atom is 0.331 e. The van der Waals surface area contributed by atoms with Crippen molar-refractivity contribution in [3.8, 4) is 23.0 Å². The fraction of sp³-hybridized carbons (Fsp3) is 0.304. The van der Waals surface area contributed by atoms with Gasteiger partial charge in [-0.3, -0.25) is 4.79 Å². The number of esters is 1. The van der Waals surface area contributed by atoms with Gasteiger partial charge in [-0.2, -0.15) is 0 Å². The number of fused-ring (bicyclic) bond motifs is 2. The minimum absolute atomic E-state index is 0.112. The Morgan fingerprint density at radius 3 is 2.80 bits per heavy atom. The van der Waals surface area contributed by atoms with Gasteiger partial charge in [0, 0.05) is 29.2 Å². The molecule has 0 spiro atoms. The Labute approximate surface area is 174 Å². The number of carbonyl (C=O) groups is 2. The van der Waals surface area contributed by atoms with E-state index in [2.05, 4.69) is 0 Å². The smallest absolute Gasteiger partial charge is 0.331 e. The highest BCUT2D eigenvalue weighted by Gasteiger charge is 2.21. The second-order valence-electron chi connectivity index (χ2n) is 7.00. The SMILES string of the molecule is CCOc1cc2c(cc1/C=C/C(=O)OCC(=O)c1ccc3c(c1)OCO3)O[C@H](C)C2. The van der Waals surface area contributed by atoms with Gasteiger partial charge in [-0.15, -0.1) is 0 Å². The van der Waals surface area contributed by atoms with Crippen LogP contribution in [0.1, 0.15) is 35.3 Å². The van der Waals surface area contributed by atoms with Crippen LogP contribution in [0, 0.1) is 0 Å². The van der Waals surface area contributed by atoms with Crippen molar-refractivity contribution in [1.29, 1.82) is 0 Å². The van der Waals surface area contributed by atoms with E-state index >= 15 is 0 Å².